The van der Waals surface area contributed by atoms with Gasteiger partial charge in [0.15, 0.2) is 5.58 Å². The van der Waals surface area contributed by atoms with Gasteiger partial charge in [0, 0.05) is 19.0 Å². The van der Waals surface area contributed by atoms with Crippen LogP contribution in [0, 0.1) is 0 Å². The molecule has 1 atom stereocenters. The summed E-state index contributed by atoms with van der Waals surface area (Å²) in [6.45, 7) is 2.64. The van der Waals surface area contributed by atoms with E-state index >= 15 is 0 Å². The summed E-state index contributed by atoms with van der Waals surface area (Å²) in [4.78, 5) is 24.7. The van der Waals surface area contributed by atoms with Crippen LogP contribution in [0.25, 0.3) is 11.1 Å². The van der Waals surface area contributed by atoms with Gasteiger partial charge in [0.1, 0.15) is 5.75 Å². The first-order valence-electron chi connectivity index (χ1n) is 8.74. The molecule has 0 saturated carbocycles. The minimum atomic E-state index is -0.482. The second-order valence-electron chi connectivity index (χ2n) is 6.43. The Kier molecular flexibility index (Phi) is 4.03. The third-order valence-corrected chi connectivity index (χ3v) is 4.91. The quantitative estimate of drug-likeness (QED) is 0.786. The number of aryl methyl sites for hydroxylation is 2. The van der Waals surface area contributed by atoms with Crippen LogP contribution in [0.3, 0.4) is 0 Å². The Morgan fingerprint density at radius 2 is 2.08 bits per heavy atom. The van der Waals surface area contributed by atoms with Crippen molar-refractivity contribution in [1.82, 2.24) is 9.88 Å². The molecule has 1 aliphatic heterocycles. The first-order chi connectivity index (χ1) is 12.6. The number of amides is 1. The number of benzene rings is 2. The van der Waals surface area contributed by atoms with Gasteiger partial charge in [0.25, 0.3) is 5.91 Å². The Hall–Kier alpha value is -3.02. The molecule has 0 bridgehead atoms. The maximum Gasteiger partial charge on any atom is 0.419 e. The van der Waals surface area contributed by atoms with Crippen LogP contribution in [0.15, 0.2) is 45.6 Å². The molecular weight excluding hydrogens is 332 g/mol. The van der Waals surface area contributed by atoms with Gasteiger partial charge in [-0.15, -0.1) is 0 Å². The molecule has 1 aliphatic rings. The van der Waals surface area contributed by atoms with E-state index in [4.69, 9.17) is 9.15 Å². The van der Waals surface area contributed by atoms with Gasteiger partial charge in [-0.3, -0.25) is 9.36 Å². The number of nitrogens with one attached hydrogen (secondary N) is 1. The van der Waals surface area contributed by atoms with E-state index in [-0.39, 0.29) is 11.9 Å². The molecule has 1 unspecified atom stereocenters. The summed E-state index contributed by atoms with van der Waals surface area (Å²) in [6.07, 6.45) is 1.57. The number of para-hydroxylation sites is 2. The number of oxazole rings is 1. The first kappa shape index (κ1) is 16.4. The molecule has 0 aliphatic carbocycles. The highest BCUT2D eigenvalue weighted by atomic mass is 16.5. The molecule has 4 rings (SSSR count). The number of nitrogens with zero attached hydrogens (tertiary/aromatic N) is 1. The van der Waals surface area contributed by atoms with E-state index in [1.165, 1.54) is 4.57 Å². The number of fused-ring (bicyclic) bond motifs is 2. The van der Waals surface area contributed by atoms with E-state index in [9.17, 15) is 9.59 Å². The standard InChI is InChI=1S/C20H20N2O4/c1-3-12-6-4-7-13-15(10-11-25-17(12)13)21-19(23)14-8-5-9-16-18(14)26-20(24)22(16)2/h4-9,15H,3,10-11H2,1-2H3,(H,21,23). The van der Waals surface area contributed by atoms with Crippen molar-refractivity contribution in [1.29, 1.82) is 0 Å². The fraction of sp³-hybridized carbons (Fsp3) is 0.300. The van der Waals surface area contributed by atoms with Crippen LogP contribution >= 0.6 is 0 Å². The number of hydrogen-bond donors (Lipinski definition) is 1. The summed E-state index contributed by atoms with van der Waals surface area (Å²) in [5, 5.41) is 3.07. The molecule has 2 heterocycles. The highest BCUT2D eigenvalue weighted by molar-refractivity contribution is 6.04. The minimum Gasteiger partial charge on any atom is -0.493 e. The molecular formula is C20H20N2O4. The highest BCUT2D eigenvalue weighted by Gasteiger charge is 2.26. The van der Waals surface area contributed by atoms with Crippen molar-refractivity contribution in [2.45, 2.75) is 25.8 Å². The largest absolute Gasteiger partial charge is 0.493 e. The molecule has 0 radical (unpaired) electrons. The van der Waals surface area contributed by atoms with Gasteiger partial charge in [0.05, 0.1) is 23.7 Å². The van der Waals surface area contributed by atoms with Crippen molar-refractivity contribution < 1.29 is 13.9 Å². The smallest absolute Gasteiger partial charge is 0.419 e. The minimum absolute atomic E-state index is 0.136. The van der Waals surface area contributed by atoms with Crippen LogP contribution in [-0.4, -0.2) is 17.1 Å². The van der Waals surface area contributed by atoms with Crippen LogP contribution in [-0.2, 0) is 13.5 Å². The van der Waals surface area contributed by atoms with E-state index in [0.717, 1.165) is 23.3 Å². The van der Waals surface area contributed by atoms with Gasteiger partial charge in [0.2, 0.25) is 0 Å². The molecule has 0 saturated heterocycles. The summed E-state index contributed by atoms with van der Waals surface area (Å²) in [6, 6.07) is 11.1. The normalized spacial score (nSPS) is 16.2. The number of hydrogen-bond acceptors (Lipinski definition) is 4. The predicted molar refractivity (Wildman–Crippen MR) is 97.6 cm³/mol. The topological polar surface area (TPSA) is 73.5 Å². The molecule has 6 nitrogen and oxygen atoms in total. The van der Waals surface area contributed by atoms with Crippen LogP contribution in [0.1, 0.15) is 40.9 Å². The van der Waals surface area contributed by atoms with E-state index in [1.807, 2.05) is 18.2 Å². The average molecular weight is 352 g/mol. The number of carbonyl (C=O) groups excluding carboxylic acids is 1. The summed E-state index contributed by atoms with van der Waals surface area (Å²) in [5.41, 5.74) is 3.40. The summed E-state index contributed by atoms with van der Waals surface area (Å²) in [7, 11) is 1.62. The van der Waals surface area contributed by atoms with E-state index in [1.54, 1.807) is 25.2 Å². The maximum absolute atomic E-state index is 12.9. The molecule has 0 fully saturated rings. The molecule has 3 aromatic rings. The molecule has 6 heteroatoms. The summed E-state index contributed by atoms with van der Waals surface area (Å²) >= 11 is 0. The van der Waals surface area contributed by atoms with Crippen LogP contribution in [0.4, 0.5) is 0 Å². The Morgan fingerprint density at radius 1 is 1.27 bits per heavy atom. The van der Waals surface area contributed by atoms with E-state index in [0.29, 0.717) is 29.7 Å². The van der Waals surface area contributed by atoms with Crippen molar-refractivity contribution in [2.24, 2.45) is 7.05 Å². The van der Waals surface area contributed by atoms with E-state index in [2.05, 4.69) is 12.2 Å². The fourth-order valence-corrected chi connectivity index (χ4v) is 3.48. The molecule has 2 aromatic carbocycles. The second-order valence-corrected chi connectivity index (χ2v) is 6.43. The third kappa shape index (κ3) is 2.58. The highest BCUT2D eigenvalue weighted by Crippen LogP contribution is 2.35. The third-order valence-electron chi connectivity index (χ3n) is 4.91. The van der Waals surface area contributed by atoms with Crippen molar-refractivity contribution in [2.75, 3.05) is 6.61 Å². The van der Waals surface area contributed by atoms with Crippen molar-refractivity contribution >= 4 is 17.0 Å². The van der Waals surface area contributed by atoms with Crippen LogP contribution in [0.2, 0.25) is 0 Å². The van der Waals surface area contributed by atoms with Gasteiger partial charge in [-0.1, -0.05) is 31.2 Å². The molecule has 0 spiro atoms. The SMILES string of the molecule is CCc1cccc2c1OCCC2NC(=O)c1cccc2c1oc(=O)n2C. The lowest BCUT2D eigenvalue weighted by Crippen LogP contribution is -2.32. The predicted octanol–water partition coefficient (Wildman–Crippen LogP) is 2.95. The number of ether oxygens (including phenoxy) is 1. The maximum atomic E-state index is 12.9. The molecule has 1 N–H and O–H groups in total. The Labute approximate surface area is 150 Å². The zero-order valence-corrected chi connectivity index (χ0v) is 14.7. The van der Waals surface area contributed by atoms with Gasteiger partial charge >= 0.3 is 5.76 Å². The van der Waals surface area contributed by atoms with Gasteiger partial charge in [-0.25, -0.2) is 4.79 Å². The van der Waals surface area contributed by atoms with Gasteiger partial charge in [-0.05, 0) is 24.1 Å². The zero-order valence-electron chi connectivity index (χ0n) is 14.7. The Balaban J connectivity index is 1.69. The van der Waals surface area contributed by atoms with Crippen LogP contribution < -0.4 is 15.8 Å². The van der Waals surface area contributed by atoms with Gasteiger partial charge < -0.3 is 14.5 Å². The number of carbonyl (C=O) groups is 1. The van der Waals surface area contributed by atoms with Crippen molar-refractivity contribution in [3.05, 3.63) is 63.6 Å². The second kappa shape index (κ2) is 6.37. The van der Waals surface area contributed by atoms with Crippen molar-refractivity contribution in [3.63, 3.8) is 0 Å². The molecule has 1 aromatic heterocycles. The first-order valence-corrected chi connectivity index (χ1v) is 8.74. The Morgan fingerprint density at radius 3 is 2.88 bits per heavy atom. The average Bonchev–Trinajstić information content (AvgIpc) is 2.95. The molecule has 26 heavy (non-hydrogen) atoms. The molecule has 134 valence electrons. The number of rotatable bonds is 3. The lowest BCUT2D eigenvalue weighted by molar-refractivity contribution is 0.0925. The number of aromatic nitrogens is 1. The summed E-state index contributed by atoms with van der Waals surface area (Å²) in [5.74, 6) is 0.130. The Bertz CT molecular complexity index is 1050. The van der Waals surface area contributed by atoms with Gasteiger partial charge in [-0.2, -0.15) is 0 Å². The fourth-order valence-electron chi connectivity index (χ4n) is 3.48. The lowest BCUT2D eigenvalue weighted by Gasteiger charge is -2.28. The summed E-state index contributed by atoms with van der Waals surface area (Å²) < 4.78 is 12.5. The lowest BCUT2D eigenvalue weighted by atomic mass is 9.96. The monoisotopic (exact) mass is 352 g/mol. The van der Waals surface area contributed by atoms with E-state index < -0.39 is 5.76 Å². The van der Waals surface area contributed by atoms with Crippen molar-refractivity contribution in [3.8, 4) is 5.75 Å². The van der Waals surface area contributed by atoms with Crippen LogP contribution in [0.5, 0.6) is 5.75 Å². The molecule has 1 amide bonds. The zero-order chi connectivity index (χ0) is 18.3.